The lowest BCUT2D eigenvalue weighted by Gasteiger charge is -2.35. The molecule has 0 atom stereocenters. The molecule has 0 aromatic carbocycles. The molecule has 0 fully saturated rings. The summed E-state index contributed by atoms with van der Waals surface area (Å²) in [6.07, 6.45) is 2.77. The number of alkyl carbamates (subject to hydrolysis) is 2. The fourth-order valence-electron chi connectivity index (χ4n) is 1.69. The van der Waals surface area contributed by atoms with Crippen LogP contribution in [0.2, 0.25) is 0 Å². The van der Waals surface area contributed by atoms with Crippen LogP contribution in [0.4, 0.5) is 9.59 Å². The number of amides is 2. The number of hydrogen-bond acceptors (Lipinski definition) is 6. The van der Waals surface area contributed by atoms with Gasteiger partial charge < -0.3 is 14.8 Å². The Hall–Kier alpha value is -2.69. The first-order valence-electron chi connectivity index (χ1n) is 7.44. The van der Waals surface area contributed by atoms with Gasteiger partial charge in [-0.15, -0.1) is 0 Å². The fourth-order valence-corrected chi connectivity index (χ4v) is 1.69. The number of nitrogens with zero attached hydrogens (tertiary/aromatic N) is 1. The topological polar surface area (TPSA) is 112 Å². The average Bonchev–Trinajstić information content (AvgIpc) is 2.34. The van der Waals surface area contributed by atoms with Crippen LogP contribution in [0.3, 0.4) is 0 Å². The summed E-state index contributed by atoms with van der Waals surface area (Å²) < 4.78 is 10.4. The molecule has 0 spiro atoms. The zero-order valence-electron chi connectivity index (χ0n) is 14.8. The molecule has 1 heterocycles. The molecule has 0 unspecified atom stereocenters. The van der Waals surface area contributed by atoms with Gasteiger partial charge in [0.1, 0.15) is 17.3 Å². The Kier molecular flexibility index (Phi) is 5.50. The summed E-state index contributed by atoms with van der Waals surface area (Å²) in [6, 6.07) is 1.95. The maximum Gasteiger partial charge on any atom is 0.411 e. The molecule has 0 saturated heterocycles. The monoisotopic (exact) mass is 336 g/mol. The number of carbonyl (C=O) groups is 2. The van der Waals surface area contributed by atoms with E-state index in [1.54, 1.807) is 41.5 Å². The molecular weight excluding hydrogens is 312 g/mol. The number of dihydropyridines is 1. The largest absolute Gasteiger partial charge is 0.444 e. The Labute approximate surface area is 141 Å². The lowest BCUT2D eigenvalue weighted by molar-refractivity contribution is 0.0350. The zero-order valence-corrected chi connectivity index (χ0v) is 14.8. The van der Waals surface area contributed by atoms with Gasteiger partial charge in [0, 0.05) is 6.20 Å². The summed E-state index contributed by atoms with van der Waals surface area (Å²) in [6.45, 7) is 10.3. The minimum Gasteiger partial charge on any atom is -0.444 e. The van der Waals surface area contributed by atoms with E-state index in [-0.39, 0.29) is 0 Å². The lowest BCUT2D eigenvalue weighted by Crippen LogP contribution is -2.68. The molecule has 0 saturated carbocycles. The molecule has 0 aliphatic carbocycles. The second kappa shape index (κ2) is 6.83. The maximum atomic E-state index is 12.1. The van der Waals surface area contributed by atoms with Crippen LogP contribution >= 0.6 is 0 Å². The molecule has 132 valence electrons. The minimum absolute atomic E-state index is 0.336. The highest BCUT2D eigenvalue weighted by Gasteiger charge is 2.35. The van der Waals surface area contributed by atoms with Gasteiger partial charge in [-0.25, -0.2) is 9.59 Å². The van der Waals surface area contributed by atoms with Crippen molar-refractivity contribution in [1.82, 2.24) is 16.0 Å². The van der Waals surface area contributed by atoms with Crippen molar-refractivity contribution in [2.45, 2.75) is 58.5 Å². The van der Waals surface area contributed by atoms with E-state index in [0.29, 0.717) is 5.57 Å². The van der Waals surface area contributed by atoms with Gasteiger partial charge in [-0.05, 0) is 53.7 Å². The normalized spacial score (nSPS) is 16.1. The first kappa shape index (κ1) is 19.4. The molecule has 0 bridgehead atoms. The molecule has 8 nitrogen and oxygen atoms in total. The van der Waals surface area contributed by atoms with Gasteiger partial charge in [0.05, 0.1) is 5.57 Å². The summed E-state index contributed by atoms with van der Waals surface area (Å²) in [5.41, 5.74) is -1.07. The first-order chi connectivity index (χ1) is 10.8. The van der Waals surface area contributed by atoms with Gasteiger partial charge in [0.25, 0.3) is 0 Å². The molecular formula is C16H24N4O4. The summed E-state index contributed by atoms with van der Waals surface area (Å²) >= 11 is 0. The number of hydrogen-bond donors (Lipinski definition) is 3. The molecule has 0 radical (unpaired) electrons. The second-order valence-electron chi connectivity index (χ2n) is 7.25. The molecule has 2 amide bonds. The van der Waals surface area contributed by atoms with Crippen LogP contribution in [0.15, 0.2) is 23.9 Å². The third-order valence-electron chi connectivity index (χ3n) is 2.49. The van der Waals surface area contributed by atoms with Gasteiger partial charge in [-0.3, -0.25) is 10.6 Å². The Morgan fingerprint density at radius 2 is 1.54 bits per heavy atom. The van der Waals surface area contributed by atoms with Gasteiger partial charge in [0.15, 0.2) is 0 Å². The summed E-state index contributed by atoms with van der Waals surface area (Å²) in [5.74, 6) is -1.47. The third-order valence-corrected chi connectivity index (χ3v) is 2.49. The van der Waals surface area contributed by atoms with Crippen LogP contribution in [0.1, 0.15) is 41.5 Å². The predicted molar refractivity (Wildman–Crippen MR) is 87.4 cm³/mol. The standard InChI is InChI=1S/C16H24N4O4/c1-14(2,3)23-12(21)19-16(8-7-11(9-17)10-18-16)20-13(22)24-15(4,5)6/h7-8,10,18H,1-6H3,(H,19,21)(H,20,22). The second-order valence-corrected chi connectivity index (χ2v) is 7.25. The van der Waals surface area contributed by atoms with Crippen molar-refractivity contribution in [3.63, 3.8) is 0 Å². The van der Waals surface area contributed by atoms with Crippen LogP contribution in [-0.2, 0) is 9.47 Å². The Morgan fingerprint density at radius 1 is 1.08 bits per heavy atom. The quantitative estimate of drug-likeness (QED) is 0.667. The fraction of sp³-hybridized carbons (Fsp3) is 0.562. The van der Waals surface area contributed by atoms with E-state index in [9.17, 15) is 9.59 Å². The van der Waals surface area contributed by atoms with Gasteiger partial charge >= 0.3 is 12.2 Å². The Balaban J connectivity index is 2.92. The smallest absolute Gasteiger partial charge is 0.411 e. The number of allylic oxidation sites excluding steroid dienone is 2. The number of ether oxygens (including phenoxy) is 2. The molecule has 24 heavy (non-hydrogen) atoms. The van der Waals surface area contributed by atoms with Crippen molar-refractivity contribution < 1.29 is 19.1 Å². The highest BCUT2D eigenvalue weighted by Crippen LogP contribution is 2.14. The molecule has 3 N–H and O–H groups in total. The minimum atomic E-state index is -1.47. The van der Waals surface area contributed by atoms with Crippen molar-refractivity contribution in [2.75, 3.05) is 0 Å². The Bertz CT molecular complexity index is 573. The van der Waals surface area contributed by atoms with Crippen molar-refractivity contribution in [2.24, 2.45) is 0 Å². The van der Waals surface area contributed by atoms with Crippen molar-refractivity contribution in [3.05, 3.63) is 23.9 Å². The molecule has 1 rings (SSSR count). The predicted octanol–water partition coefficient (Wildman–Crippen LogP) is 2.26. The third kappa shape index (κ3) is 6.60. The van der Waals surface area contributed by atoms with Crippen LogP contribution in [0, 0.1) is 11.3 Å². The summed E-state index contributed by atoms with van der Waals surface area (Å²) in [7, 11) is 0. The molecule has 0 aromatic rings. The van der Waals surface area contributed by atoms with Crippen molar-refractivity contribution in [3.8, 4) is 6.07 Å². The van der Waals surface area contributed by atoms with E-state index < -0.39 is 29.2 Å². The van der Waals surface area contributed by atoms with E-state index in [4.69, 9.17) is 14.7 Å². The summed E-state index contributed by atoms with van der Waals surface area (Å²) in [5, 5.41) is 16.7. The SMILES string of the molecule is CC(C)(C)OC(=O)NC1(NC(=O)OC(C)(C)C)C=CC(C#N)=CN1. The summed E-state index contributed by atoms with van der Waals surface area (Å²) in [4.78, 5) is 24.1. The zero-order chi connectivity index (χ0) is 18.6. The number of carbonyl (C=O) groups excluding carboxylic acids is 2. The highest BCUT2D eigenvalue weighted by atomic mass is 16.6. The number of rotatable bonds is 2. The van der Waals surface area contributed by atoms with E-state index >= 15 is 0 Å². The van der Waals surface area contributed by atoms with E-state index in [2.05, 4.69) is 16.0 Å². The molecule has 0 aromatic heterocycles. The molecule has 1 aliphatic heterocycles. The van der Waals surface area contributed by atoms with Crippen LogP contribution in [-0.4, -0.2) is 29.2 Å². The van der Waals surface area contributed by atoms with E-state index in [1.165, 1.54) is 18.4 Å². The van der Waals surface area contributed by atoms with Gasteiger partial charge in [0.2, 0.25) is 5.79 Å². The highest BCUT2D eigenvalue weighted by molar-refractivity contribution is 5.73. The van der Waals surface area contributed by atoms with Crippen LogP contribution in [0.5, 0.6) is 0 Å². The Morgan fingerprint density at radius 3 is 1.83 bits per heavy atom. The number of nitriles is 1. The van der Waals surface area contributed by atoms with Crippen LogP contribution in [0.25, 0.3) is 0 Å². The molecule has 1 aliphatic rings. The maximum absolute atomic E-state index is 12.1. The average molecular weight is 336 g/mol. The van der Waals surface area contributed by atoms with Crippen LogP contribution < -0.4 is 16.0 Å². The number of nitrogens with one attached hydrogen (secondary N) is 3. The van der Waals surface area contributed by atoms with Gasteiger partial charge in [-0.2, -0.15) is 5.26 Å². The van der Waals surface area contributed by atoms with Crippen molar-refractivity contribution in [1.29, 1.82) is 5.26 Å². The first-order valence-corrected chi connectivity index (χ1v) is 7.44. The van der Waals surface area contributed by atoms with E-state index in [1.807, 2.05) is 6.07 Å². The molecule has 8 heteroatoms. The van der Waals surface area contributed by atoms with E-state index in [0.717, 1.165) is 0 Å². The van der Waals surface area contributed by atoms with Gasteiger partial charge in [-0.1, -0.05) is 0 Å². The van der Waals surface area contributed by atoms with Crippen molar-refractivity contribution >= 4 is 12.2 Å². The lowest BCUT2D eigenvalue weighted by atomic mass is 10.1.